The summed E-state index contributed by atoms with van der Waals surface area (Å²) in [5, 5.41) is 3.87. The molecule has 8 heteroatoms. The van der Waals surface area contributed by atoms with Crippen LogP contribution in [0.2, 0.25) is 0 Å². The predicted molar refractivity (Wildman–Crippen MR) is 85.7 cm³/mol. The van der Waals surface area contributed by atoms with E-state index in [4.69, 9.17) is 9.57 Å². The zero-order valence-electron chi connectivity index (χ0n) is 12.8. The van der Waals surface area contributed by atoms with Crippen LogP contribution in [0.4, 0.5) is 4.39 Å². The summed E-state index contributed by atoms with van der Waals surface area (Å²) in [6.45, 7) is 0. The van der Waals surface area contributed by atoms with Gasteiger partial charge in [0, 0.05) is 6.42 Å². The van der Waals surface area contributed by atoms with E-state index in [9.17, 15) is 12.8 Å². The molecule has 0 saturated carbocycles. The Balaban J connectivity index is 1.67. The van der Waals surface area contributed by atoms with E-state index < -0.39 is 16.3 Å². The number of hydrogen-bond donors (Lipinski definition) is 1. The van der Waals surface area contributed by atoms with Gasteiger partial charge in [-0.25, -0.2) is 12.8 Å². The fourth-order valence-corrected chi connectivity index (χ4v) is 3.35. The molecule has 0 saturated heterocycles. The number of rotatable bonds is 5. The SMILES string of the molecule is COc1ccc(S(=O)(=O)NC2CC(c3ccc(F)cc3)=NO2)cc1. The first kappa shape index (κ1) is 16.4. The fourth-order valence-electron chi connectivity index (χ4n) is 2.25. The highest BCUT2D eigenvalue weighted by Crippen LogP contribution is 2.19. The molecule has 0 amide bonds. The summed E-state index contributed by atoms with van der Waals surface area (Å²) >= 11 is 0. The van der Waals surface area contributed by atoms with Crippen LogP contribution in [0.1, 0.15) is 12.0 Å². The van der Waals surface area contributed by atoms with Crippen molar-refractivity contribution in [3.8, 4) is 5.75 Å². The summed E-state index contributed by atoms with van der Waals surface area (Å²) in [6, 6.07) is 11.8. The molecule has 24 heavy (non-hydrogen) atoms. The molecule has 0 radical (unpaired) electrons. The Kier molecular flexibility index (Phi) is 4.50. The van der Waals surface area contributed by atoms with Gasteiger partial charge in [-0.05, 0) is 42.0 Å². The smallest absolute Gasteiger partial charge is 0.243 e. The molecule has 1 heterocycles. The van der Waals surface area contributed by atoms with Crippen molar-refractivity contribution in [2.24, 2.45) is 5.16 Å². The number of nitrogens with zero attached hydrogens (tertiary/aromatic N) is 1. The van der Waals surface area contributed by atoms with Crippen LogP contribution in [-0.4, -0.2) is 27.5 Å². The maximum Gasteiger partial charge on any atom is 0.243 e. The van der Waals surface area contributed by atoms with Crippen LogP contribution >= 0.6 is 0 Å². The van der Waals surface area contributed by atoms with Crippen LogP contribution < -0.4 is 9.46 Å². The molecule has 6 nitrogen and oxygen atoms in total. The van der Waals surface area contributed by atoms with Crippen LogP contribution in [0.25, 0.3) is 0 Å². The number of ether oxygens (including phenoxy) is 1. The van der Waals surface area contributed by atoms with E-state index in [0.29, 0.717) is 17.0 Å². The Morgan fingerprint density at radius 3 is 2.46 bits per heavy atom. The van der Waals surface area contributed by atoms with Gasteiger partial charge in [-0.3, -0.25) is 0 Å². The summed E-state index contributed by atoms with van der Waals surface area (Å²) in [5.74, 6) is 0.211. The summed E-state index contributed by atoms with van der Waals surface area (Å²) < 4.78 is 45.1. The van der Waals surface area contributed by atoms with Gasteiger partial charge < -0.3 is 9.57 Å². The van der Waals surface area contributed by atoms with Gasteiger partial charge in [0.1, 0.15) is 11.6 Å². The molecular weight excluding hydrogens is 335 g/mol. The lowest BCUT2D eigenvalue weighted by atomic mass is 10.1. The lowest BCUT2D eigenvalue weighted by Crippen LogP contribution is -2.34. The highest BCUT2D eigenvalue weighted by molar-refractivity contribution is 7.89. The highest BCUT2D eigenvalue weighted by atomic mass is 32.2. The lowest BCUT2D eigenvalue weighted by Gasteiger charge is -2.11. The average molecular weight is 350 g/mol. The minimum atomic E-state index is -3.74. The number of nitrogens with one attached hydrogen (secondary N) is 1. The topological polar surface area (TPSA) is 77.0 Å². The van der Waals surface area contributed by atoms with Crippen molar-refractivity contribution in [3.05, 3.63) is 59.9 Å². The van der Waals surface area contributed by atoms with E-state index in [-0.39, 0.29) is 17.1 Å². The van der Waals surface area contributed by atoms with Gasteiger partial charge in [0.05, 0.1) is 17.7 Å². The Labute approximate surface area is 138 Å². The molecule has 1 aliphatic rings. The molecule has 0 aliphatic carbocycles. The molecule has 1 N–H and O–H groups in total. The van der Waals surface area contributed by atoms with Crippen molar-refractivity contribution in [2.45, 2.75) is 17.5 Å². The molecule has 2 aromatic rings. The van der Waals surface area contributed by atoms with E-state index in [2.05, 4.69) is 9.88 Å². The molecule has 0 fully saturated rings. The third-order valence-electron chi connectivity index (χ3n) is 3.50. The first-order chi connectivity index (χ1) is 11.5. The van der Waals surface area contributed by atoms with Gasteiger partial charge in [-0.15, -0.1) is 0 Å². The number of halogens is 1. The minimum Gasteiger partial charge on any atom is -0.497 e. The second kappa shape index (κ2) is 6.58. The molecule has 0 aromatic heterocycles. The van der Waals surface area contributed by atoms with Gasteiger partial charge >= 0.3 is 0 Å². The molecule has 1 atom stereocenters. The Morgan fingerprint density at radius 2 is 1.83 bits per heavy atom. The van der Waals surface area contributed by atoms with Gasteiger partial charge in [-0.2, -0.15) is 4.72 Å². The number of oxime groups is 1. The first-order valence-electron chi connectivity index (χ1n) is 7.13. The van der Waals surface area contributed by atoms with Crippen LogP contribution in [0.15, 0.2) is 58.6 Å². The van der Waals surface area contributed by atoms with Crippen molar-refractivity contribution in [1.29, 1.82) is 0 Å². The summed E-state index contributed by atoms with van der Waals surface area (Å²) in [5.41, 5.74) is 1.24. The highest BCUT2D eigenvalue weighted by Gasteiger charge is 2.27. The average Bonchev–Trinajstić information content (AvgIpc) is 3.03. The van der Waals surface area contributed by atoms with Gasteiger partial charge in [-0.1, -0.05) is 17.3 Å². The van der Waals surface area contributed by atoms with Gasteiger partial charge in [0.2, 0.25) is 10.0 Å². The Hall–Kier alpha value is -2.45. The van der Waals surface area contributed by atoms with Crippen LogP contribution in [0.3, 0.4) is 0 Å². The molecule has 1 unspecified atom stereocenters. The largest absolute Gasteiger partial charge is 0.497 e. The molecule has 1 aliphatic heterocycles. The zero-order valence-corrected chi connectivity index (χ0v) is 13.6. The second-order valence-corrected chi connectivity index (χ2v) is 6.85. The fraction of sp³-hybridized carbons (Fsp3) is 0.188. The van der Waals surface area contributed by atoms with Crippen molar-refractivity contribution in [1.82, 2.24) is 4.72 Å². The normalized spacial score (nSPS) is 17.2. The molecule has 0 spiro atoms. The third-order valence-corrected chi connectivity index (χ3v) is 4.97. The van der Waals surface area contributed by atoms with Crippen molar-refractivity contribution >= 4 is 15.7 Å². The maximum atomic E-state index is 12.9. The quantitative estimate of drug-likeness (QED) is 0.897. The summed E-state index contributed by atoms with van der Waals surface area (Å²) in [6.07, 6.45) is -0.557. The molecule has 3 rings (SSSR count). The first-order valence-corrected chi connectivity index (χ1v) is 8.61. The number of hydrogen-bond acceptors (Lipinski definition) is 5. The van der Waals surface area contributed by atoms with Crippen molar-refractivity contribution in [3.63, 3.8) is 0 Å². The van der Waals surface area contributed by atoms with E-state index in [1.165, 1.54) is 31.4 Å². The monoisotopic (exact) mass is 350 g/mol. The van der Waals surface area contributed by atoms with E-state index in [1.54, 1.807) is 24.3 Å². The standard InChI is InChI=1S/C16H15FN2O4S/c1-22-13-6-8-14(9-7-13)24(20,21)19-16-10-15(18-23-16)11-2-4-12(17)5-3-11/h2-9,16,19H,10H2,1H3. The van der Waals surface area contributed by atoms with Crippen molar-refractivity contribution in [2.75, 3.05) is 7.11 Å². The second-order valence-electron chi connectivity index (χ2n) is 5.14. The van der Waals surface area contributed by atoms with Crippen LogP contribution in [0, 0.1) is 5.82 Å². The van der Waals surface area contributed by atoms with Gasteiger partial charge in [0.15, 0.2) is 6.23 Å². The van der Waals surface area contributed by atoms with Crippen LogP contribution in [0.5, 0.6) is 5.75 Å². The summed E-state index contributed by atoms with van der Waals surface area (Å²) in [4.78, 5) is 5.23. The maximum absolute atomic E-state index is 12.9. The molecular formula is C16H15FN2O4S. The van der Waals surface area contributed by atoms with Crippen molar-refractivity contribution < 1.29 is 22.4 Å². The number of benzene rings is 2. The van der Waals surface area contributed by atoms with E-state index in [1.807, 2.05) is 0 Å². The summed E-state index contributed by atoms with van der Waals surface area (Å²) in [7, 11) is -2.24. The number of sulfonamides is 1. The zero-order chi connectivity index (χ0) is 17.2. The predicted octanol–water partition coefficient (Wildman–Crippen LogP) is 2.26. The van der Waals surface area contributed by atoms with E-state index >= 15 is 0 Å². The molecule has 0 bridgehead atoms. The molecule has 126 valence electrons. The Morgan fingerprint density at radius 1 is 1.17 bits per heavy atom. The number of methoxy groups -OCH3 is 1. The third kappa shape index (κ3) is 3.55. The minimum absolute atomic E-state index is 0.0992. The Bertz CT molecular complexity index is 849. The van der Waals surface area contributed by atoms with Gasteiger partial charge in [0.25, 0.3) is 0 Å². The molecule has 2 aromatic carbocycles. The van der Waals surface area contributed by atoms with Crippen LogP contribution in [-0.2, 0) is 14.9 Å². The van der Waals surface area contributed by atoms with E-state index in [0.717, 1.165) is 0 Å². The lowest BCUT2D eigenvalue weighted by molar-refractivity contribution is 0.0777.